The highest BCUT2D eigenvalue weighted by molar-refractivity contribution is 5.80. The van der Waals surface area contributed by atoms with Gasteiger partial charge in [-0.3, -0.25) is 4.79 Å². The molecule has 1 unspecified atom stereocenters. The van der Waals surface area contributed by atoms with Gasteiger partial charge in [0.2, 0.25) is 0 Å². The molecule has 0 aromatic carbocycles. The molecular formula is C11H17NO2. The van der Waals surface area contributed by atoms with E-state index in [-0.39, 0.29) is 5.78 Å². The van der Waals surface area contributed by atoms with E-state index in [4.69, 9.17) is 10.2 Å². The minimum absolute atomic E-state index is 0.222. The largest absolute Gasteiger partial charge is 0.469 e. The molecule has 0 aliphatic heterocycles. The molecule has 0 saturated heterocycles. The summed E-state index contributed by atoms with van der Waals surface area (Å²) >= 11 is 0. The maximum absolute atomic E-state index is 11.4. The SMILES string of the molecule is CC(CN)CCC(=O)Cc1ccco1. The number of furan rings is 1. The van der Waals surface area contributed by atoms with Crippen LogP contribution in [0.4, 0.5) is 0 Å². The van der Waals surface area contributed by atoms with E-state index in [0.29, 0.717) is 25.3 Å². The fraction of sp³-hybridized carbons (Fsp3) is 0.545. The highest BCUT2D eigenvalue weighted by atomic mass is 16.3. The topological polar surface area (TPSA) is 56.2 Å². The van der Waals surface area contributed by atoms with Crippen LogP contribution in [0.25, 0.3) is 0 Å². The predicted molar refractivity (Wildman–Crippen MR) is 54.9 cm³/mol. The van der Waals surface area contributed by atoms with Crippen LogP contribution in [0.15, 0.2) is 22.8 Å². The molecule has 0 amide bonds. The third kappa shape index (κ3) is 3.75. The number of hydrogen-bond donors (Lipinski definition) is 1. The summed E-state index contributed by atoms with van der Waals surface area (Å²) in [5, 5.41) is 0. The highest BCUT2D eigenvalue weighted by Crippen LogP contribution is 2.08. The van der Waals surface area contributed by atoms with Crippen molar-refractivity contribution in [3.63, 3.8) is 0 Å². The summed E-state index contributed by atoms with van der Waals surface area (Å²) in [4.78, 5) is 11.4. The molecule has 2 N–H and O–H groups in total. The van der Waals surface area contributed by atoms with Crippen LogP contribution in [0.1, 0.15) is 25.5 Å². The summed E-state index contributed by atoms with van der Waals surface area (Å²) in [6, 6.07) is 3.62. The molecule has 1 atom stereocenters. The van der Waals surface area contributed by atoms with Gasteiger partial charge in [-0.1, -0.05) is 6.92 Å². The monoisotopic (exact) mass is 195 g/mol. The van der Waals surface area contributed by atoms with E-state index in [9.17, 15) is 4.79 Å². The molecule has 3 nitrogen and oxygen atoms in total. The van der Waals surface area contributed by atoms with E-state index < -0.39 is 0 Å². The van der Waals surface area contributed by atoms with Gasteiger partial charge in [0.15, 0.2) is 0 Å². The van der Waals surface area contributed by atoms with Gasteiger partial charge in [-0.15, -0.1) is 0 Å². The number of carbonyl (C=O) groups is 1. The number of Topliss-reactive ketones (excluding diaryl/α,β-unsaturated/α-hetero) is 1. The molecule has 78 valence electrons. The first-order chi connectivity index (χ1) is 6.72. The van der Waals surface area contributed by atoms with Crippen LogP contribution in [-0.2, 0) is 11.2 Å². The second kappa shape index (κ2) is 5.60. The van der Waals surface area contributed by atoms with Crippen LogP contribution in [0.2, 0.25) is 0 Å². The van der Waals surface area contributed by atoms with Crippen LogP contribution < -0.4 is 5.73 Å². The van der Waals surface area contributed by atoms with Gasteiger partial charge >= 0.3 is 0 Å². The predicted octanol–water partition coefficient (Wildman–Crippen LogP) is 1.77. The smallest absolute Gasteiger partial charge is 0.140 e. The molecule has 0 aliphatic carbocycles. The number of rotatable bonds is 6. The fourth-order valence-corrected chi connectivity index (χ4v) is 1.22. The van der Waals surface area contributed by atoms with Gasteiger partial charge in [0, 0.05) is 6.42 Å². The van der Waals surface area contributed by atoms with Crippen molar-refractivity contribution in [2.24, 2.45) is 11.7 Å². The van der Waals surface area contributed by atoms with Crippen molar-refractivity contribution < 1.29 is 9.21 Å². The zero-order valence-electron chi connectivity index (χ0n) is 8.53. The van der Waals surface area contributed by atoms with E-state index in [2.05, 4.69) is 6.92 Å². The van der Waals surface area contributed by atoms with E-state index in [1.165, 1.54) is 0 Å². The molecule has 0 spiro atoms. The Bertz CT molecular complexity index is 267. The lowest BCUT2D eigenvalue weighted by Gasteiger charge is -2.05. The molecule has 0 bridgehead atoms. The van der Waals surface area contributed by atoms with Crippen LogP contribution in [0, 0.1) is 5.92 Å². The Morgan fingerprint density at radius 3 is 3.00 bits per heavy atom. The Balaban J connectivity index is 2.23. The van der Waals surface area contributed by atoms with Gasteiger partial charge in [0.25, 0.3) is 0 Å². The Morgan fingerprint density at radius 2 is 2.43 bits per heavy atom. The lowest BCUT2D eigenvalue weighted by molar-refractivity contribution is -0.118. The van der Waals surface area contributed by atoms with Crippen molar-refractivity contribution in [2.45, 2.75) is 26.2 Å². The Morgan fingerprint density at radius 1 is 1.64 bits per heavy atom. The summed E-state index contributed by atoms with van der Waals surface area (Å²) in [5.41, 5.74) is 5.46. The molecule has 1 aromatic heterocycles. The highest BCUT2D eigenvalue weighted by Gasteiger charge is 2.07. The zero-order valence-corrected chi connectivity index (χ0v) is 8.53. The van der Waals surface area contributed by atoms with Crippen LogP contribution >= 0.6 is 0 Å². The first kappa shape index (κ1) is 11.0. The van der Waals surface area contributed by atoms with Crippen molar-refractivity contribution in [1.29, 1.82) is 0 Å². The molecule has 1 heterocycles. The van der Waals surface area contributed by atoms with Crippen LogP contribution in [-0.4, -0.2) is 12.3 Å². The maximum Gasteiger partial charge on any atom is 0.140 e. The molecular weight excluding hydrogens is 178 g/mol. The third-order valence-corrected chi connectivity index (χ3v) is 2.27. The quantitative estimate of drug-likeness (QED) is 0.752. The number of hydrogen-bond acceptors (Lipinski definition) is 3. The standard InChI is InChI=1S/C11H17NO2/c1-9(8-12)4-5-10(13)7-11-3-2-6-14-11/h2-3,6,9H,4-5,7-8,12H2,1H3. The summed E-state index contributed by atoms with van der Waals surface area (Å²) in [6.45, 7) is 2.70. The fourth-order valence-electron chi connectivity index (χ4n) is 1.22. The third-order valence-electron chi connectivity index (χ3n) is 2.27. The van der Waals surface area contributed by atoms with Crippen LogP contribution in [0.3, 0.4) is 0 Å². The summed E-state index contributed by atoms with van der Waals surface area (Å²) in [7, 11) is 0. The van der Waals surface area contributed by atoms with Crippen molar-refractivity contribution in [3.05, 3.63) is 24.2 Å². The number of ketones is 1. The van der Waals surface area contributed by atoms with E-state index in [1.807, 2.05) is 6.07 Å². The normalized spacial score (nSPS) is 12.7. The van der Waals surface area contributed by atoms with Gasteiger partial charge in [-0.25, -0.2) is 0 Å². The molecule has 0 radical (unpaired) electrons. The first-order valence-corrected chi connectivity index (χ1v) is 4.96. The Labute approximate surface area is 84.3 Å². The number of carbonyl (C=O) groups excluding carboxylic acids is 1. The van der Waals surface area contributed by atoms with Gasteiger partial charge in [-0.05, 0) is 31.0 Å². The average Bonchev–Trinajstić information content (AvgIpc) is 2.66. The van der Waals surface area contributed by atoms with Gasteiger partial charge in [-0.2, -0.15) is 0 Å². The maximum atomic E-state index is 11.4. The van der Waals surface area contributed by atoms with Crippen molar-refractivity contribution in [2.75, 3.05) is 6.54 Å². The summed E-state index contributed by atoms with van der Waals surface area (Å²) < 4.78 is 5.09. The molecule has 0 fully saturated rings. The first-order valence-electron chi connectivity index (χ1n) is 4.96. The summed E-state index contributed by atoms with van der Waals surface area (Å²) in [5.74, 6) is 1.39. The molecule has 0 aliphatic rings. The van der Waals surface area contributed by atoms with E-state index in [1.54, 1.807) is 12.3 Å². The minimum atomic E-state index is 0.222. The van der Waals surface area contributed by atoms with Crippen molar-refractivity contribution in [3.8, 4) is 0 Å². The van der Waals surface area contributed by atoms with Gasteiger partial charge < -0.3 is 10.2 Å². The van der Waals surface area contributed by atoms with Crippen molar-refractivity contribution >= 4 is 5.78 Å². The van der Waals surface area contributed by atoms with Gasteiger partial charge in [0.1, 0.15) is 11.5 Å². The summed E-state index contributed by atoms with van der Waals surface area (Å²) in [6.07, 6.45) is 3.46. The second-order valence-electron chi connectivity index (χ2n) is 3.67. The van der Waals surface area contributed by atoms with Gasteiger partial charge in [0.05, 0.1) is 12.7 Å². The Kier molecular flexibility index (Phi) is 4.40. The van der Waals surface area contributed by atoms with E-state index >= 15 is 0 Å². The molecule has 1 aromatic rings. The lowest BCUT2D eigenvalue weighted by atomic mass is 10.0. The number of nitrogens with two attached hydrogens (primary N) is 1. The second-order valence-corrected chi connectivity index (χ2v) is 3.67. The molecule has 3 heteroatoms. The minimum Gasteiger partial charge on any atom is -0.469 e. The Hall–Kier alpha value is -1.09. The van der Waals surface area contributed by atoms with E-state index in [0.717, 1.165) is 12.2 Å². The molecule has 14 heavy (non-hydrogen) atoms. The van der Waals surface area contributed by atoms with Crippen LogP contribution in [0.5, 0.6) is 0 Å². The molecule has 0 saturated carbocycles. The molecule has 1 rings (SSSR count). The lowest BCUT2D eigenvalue weighted by Crippen LogP contribution is -2.13. The zero-order chi connectivity index (χ0) is 10.4. The van der Waals surface area contributed by atoms with Crippen molar-refractivity contribution in [1.82, 2.24) is 0 Å². The average molecular weight is 195 g/mol.